The standard InChI is InChI=1S/C15H11ClF4N2OS/c16-10-5-7(17)1-2-8(10)9-3-4-11(9)22-14(23)12-13(15(18,19)20)21-6-24-12/h1-2,5-6,9,11H,3-4H2,(H,22,23)/t9-,11?/m0/s1. The number of alkyl halides is 3. The van der Waals surface area contributed by atoms with Gasteiger partial charge in [0.15, 0.2) is 5.69 Å². The van der Waals surface area contributed by atoms with Crippen LogP contribution in [-0.2, 0) is 6.18 Å². The topological polar surface area (TPSA) is 42.0 Å². The summed E-state index contributed by atoms with van der Waals surface area (Å²) in [6, 6.07) is 3.64. The SMILES string of the molecule is O=C(NC1CC[C@H]1c1ccc(F)cc1Cl)c1scnc1C(F)(F)F. The minimum atomic E-state index is -4.67. The Morgan fingerprint density at radius 1 is 1.33 bits per heavy atom. The molecule has 3 nitrogen and oxygen atoms in total. The van der Waals surface area contributed by atoms with E-state index in [1.54, 1.807) is 0 Å². The lowest BCUT2D eigenvalue weighted by atomic mass is 9.75. The average Bonchev–Trinajstić information content (AvgIpc) is 2.96. The van der Waals surface area contributed by atoms with Crippen LogP contribution in [0.25, 0.3) is 0 Å². The molecular weight excluding hydrogens is 368 g/mol. The van der Waals surface area contributed by atoms with E-state index in [4.69, 9.17) is 11.6 Å². The van der Waals surface area contributed by atoms with E-state index in [9.17, 15) is 22.4 Å². The van der Waals surface area contributed by atoms with E-state index in [2.05, 4.69) is 10.3 Å². The van der Waals surface area contributed by atoms with E-state index in [-0.39, 0.29) is 17.0 Å². The fourth-order valence-electron chi connectivity index (χ4n) is 2.69. The Bertz CT molecular complexity index is 777. The van der Waals surface area contributed by atoms with Crippen LogP contribution < -0.4 is 5.32 Å². The molecule has 1 N–H and O–H groups in total. The Hall–Kier alpha value is -1.67. The summed E-state index contributed by atoms with van der Waals surface area (Å²) in [6.45, 7) is 0. The van der Waals surface area contributed by atoms with Gasteiger partial charge in [-0.3, -0.25) is 4.79 Å². The van der Waals surface area contributed by atoms with Crippen LogP contribution in [0.5, 0.6) is 0 Å². The highest BCUT2D eigenvalue weighted by atomic mass is 35.5. The first-order chi connectivity index (χ1) is 11.3. The second-order valence-electron chi connectivity index (χ2n) is 5.46. The van der Waals surface area contributed by atoms with Crippen molar-refractivity contribution in [2.45, 2.75) is 31.0 Å². The van der Waals surface area contributed by atoms with Gasteiger partial charge >= 0.3 is 6.18 Å². The molecule has 0 radical (unpaired) electrons. The molecule has 1 fully saturated rings. The lowest BCUT2D eigenvalue weighted by Crippen LogP contribution is -2.45. The number of rotatable bonds is 3. The van der Waals surface area contributed by atoms with Gasteiger partial charge in [0.2, 0.25) is 0 Å². The number of nitrogens with one attached hydrogen (secondary N) is 1. The Morgan fingerprint density at radius 3 is 2.67 bits per heavy atom. The molecule has 24 heavy (non-hydrogen) atoms. The number of carbonyl (C=O) groups excluding carboxylic acids is 1. The summed E-state index contributed by atoms with van der Waals surface area (Å²) in [5.74, 6) is -1.43. The van der Waals surface area contributed by atoms with E-state index in [0.717, 1.165) is 5.51 Å². The van der Waals surface area contributed by atoms with Crippen molar-refractivity contribution in [3.8, 4) is 0 Å². The molecular formula is C15H11ClF4N2OS. The third kappa shape index (κ3) is 3.25. The molecule has 1 aromatic heterocycles. The minimum Gasteiger partial charge on any atom is -0.348 e. The van der Waals surface area contributed by atoms with Crippen LogP contribution in [-0.4, -0.2) is 16.9 Å². The molecule has 1 aromatic carbocycles. The van der Waals surface area contributed by atoms with Gasteiger partial charge in [-0.1, -0.05) is 17.7 Å². The summed E-state index contributed by atoms with van der Waals surface area (Å²) in [7, 11) is 0. The van der Waals surface area contributed by atoms with E-state index in [1.807, 2.05) is 0 Å². The molecule has 1 amide bonds. The van der Waals surface area contributed by atoms with Crippen LogP contribution in [0.2, 0.25) is 5.02 Å². The molecule has 1 saturated carbocycles. The molecule has 128 valence electrons. The van der Waals surface area contributed by atoms with Crippen molar-refractivity contribution in [1.29, 1.82) is 0 Å². The maximum absolute atomic E-state index is 13.1. The Labute approximate surface area is 143 Å². The zero-order valence-corrected chi connectivity index (χ0v) is 13.6. The number of halogens is 5. The van der Waals surface area contributed by atoms with E-state index in [1.165, 1.54) is 18.2 Å². The number of thiazole rings is 1. The average molecular weight is 379 g/mol. The maximum Gasteiger partial charge on any atom is 0.434 e. The van der Waals surface area contributed by atoms with Crippen LogP contribution in [0.3, 0.4) is 0 Å². The van der Waals surface area contributed by atoms with E-state index in [0.29, 0.717) is 29.7 Å². The molecule has 0 aliphatic heterocycles. The predicted molar refractivity (Wildman–Crippen MR) is 81.8 cm³/mol. The highest BCUT2D eigenvalue weighted by Crippen LogP contribution is 2.41. The molecule has 1 aliphatic carbocycles. The van der Waals surface area contributed by atoms with E-state index >= 15 is 0 Å². The quantitative estimate of drug-likeness (QED) is 0.791. The molecule has 9 heteroatoms. The predicted octanol–water partition coefficient (Wildman–Crippen LogP) is 4.63. The molecule has 1 aliphatic rings. The number of hydrogen-bond donors (Lipinski definition) is 1. The third-order valence-corrected chi connectivity index (χ3v) is 5.15. The van der Waals surface area contributed by atoms with Gasteiger partial charge in [0.1, 0.15) is 10.7 Å². The first-order valence-corrected chi connectivity index (χ1v) is 8.29. The van der Waals surface area contributed by atoms with Crippen LogP contribution in [0.4, 0.5) is 17.6 Å². The normalized spacial score (nSPS) is 20.5. The van der Waals surface area contributed by atoms with Crippen molar-refractivity contribution in [3.63, 3.8) is 0 Å². The second kappa shape index (κ2) is 6.33. The third-order valence-electron chi connectivity index (χ3n) is 4.00. The number of benzene rings is 1. The molecule has 1 heterocycles. The van der Waals surface area contributed by atoms with Gasteiger partial charge in [0, 0.05) is 17.0 Å². The molecule has 0 spiro atoms. The summed E-state index contributed by atoms with van der Waals surface area (Å²) in [6.07, 6.45) is -3.35. The van der Waals surface area contributed by atoms with Gasteiger partial charge in [0.05, 0.1) is 5.51 Å². The second-order valence-corrected chi connectivity index (χ2v) is 6.72. The van der Waals surface area contributed by atoms with Gasteiger partial charge in [-0.15, -0.1) is 11.3 Å². The number of aromatic nitrogens is 1. The summed E-state index contributed by atoms with van der Waals surface area (Å²) in [5.41, 5.74) is 0.489. The first kappa shape index (κ1) is 17.2. The zero-order valence-electron chi connectivity index (χ0n) is 12.0. The van der Waals surface area contributed by atoms with Gasteiger partial charge in [-0.2, -0.15) is 13.2 Å². The van der Waals surface area contributed by atoms with Crippen molar-refractivity contribution in [1.82, 2.24) is 10.3 Å². The maximum atomic E-state index is 13.1. The highest BCUT2D eigenvalue weighted by Gasteiger charge is 2.40. The monoisotopic (exact) mass is 378 g/mol. The van der Waals surface area contributed by atoms with Gasteiger partial charge in [-0.25, -0.2) is 9.37 Å². The minimum absolute atomic E-state index is 0.149. The smallest absolute Gasteiger partial charge is 0.348 e. The molecule has 2 atom stereocenters. The summed E-state index contributed by atoms with van der Waals surface area (Å²) >= 11 is 6.66. The van der Waals surface area contributed by atoms with Crippen molar-refractivity contribution in [3.05, 3.63) is 50.7 Å². The van der Waals surface area contributed by atoms with E-state index < -0.39 is 28.5 Å². The van der Waals surface area contributed by atoms with Crippen molar-refractivity contribution >= 4 is 28.8 Å². The summed E-state index contributed by atoms with van der Waals surface area (Å²) < 4.78 is 51.6. The number of amides is 1. The van der Waals surface area contributed by atoms with Crippen LogP contribution >= 0.6 is 22.9 Å². The molecule has 0 saturated heterocycles. The molecule has 3 rings (SSSR count). The van der Waals surface area contributed by atoms with Crippen molar-refractivity contribution in [2.24, 2.45) is 0 Å². The lowest BCUT2D eigenvalue weighted by Gasteiger charge is -2.38. The fourth-order valence-corrected chi connectivity index (χ4v) is 3.71. The molecule has 0 bridgehead atoms. The van der Waals surface area contributed by atoms with Crippen molar-refractivity contribution < 1.29 is 22.4 Å². The van der Waals surface area contributed by atoms with Crippen LogP contribution in [0.1, 0.15) is 39.7 Å². The Kier molecular flexibility index (Phi) is 4.52. The Morgan fingerprint density at radius 2 is 2.08 bits per heavy atom. The molecule has 2 aromatic rings. The number of nitrogens with zero attached hydrogens (tertiary/aromatic N) is 1. The fraction of sp³-hybridized carbons (Fsp3) is 0.333. The van der Waals surface area contributed by atoms with Gasteiger partial charge < -0.3 is 5.32 Å². The molecule has 1 unspecified atom stereocenters. The number of carbonyl (C=O) groups is 1. The summed E-state index contributed by atoms with van der Waals surface area (Å²) in [5, 5.41) is 2.84. The summed E-state index contributed by atoms with van der Waals surface area (Å²) in [4.78, 5) is 14.9. The van der Waals surface area contributed by atoms with Crippen molar-refractivity contribution in [2.75, 3.05) is 0 Å². The van der Waals surface area contributed by atoms with Crippen LogP contribution in [0.15, 0.2) is 23.7 Å². The van der Waals surface area contributed by atoms with Crippen LogP contribution in [0, 0.1) is 5.82 Å². The lowest BCUT2D eigenvalue weighted by molar-refractivity contribution is -0.141. The van der Waals surface area contributed by atoms with Gasteiger partial charge in [0.25, 0.3) is 5.91 Å². The Balaban J connectivity index is 1.75. The van der Waals surface area contributed by atoms with Gasteiger partial charge in [-0.05, 0) is 30.5 Å². The first-order valence-electron chi connectivity index (χ1n) is 7.04. The highest BCUT2D eigenvalue weighted by molar-refractivity contribution is 7.11. The zero-order chi connectivity index (χ0) is 17.5. The largest absolute Gasteiger partial charge is 0.434 e. The number of hydrogen-bond acceptors (Lipinski definition) is 3.